The first-order chi connectivity index (χ1) is 9.10. The van der Waals surface area contributed by atoms with Gasteiger partial charge in [-0.2, -0.15) is 0 Å². The van der Waals surface area contributed by atoms with Crippen molar-refractivity contribution < 1.29 is 4.79 Å². The molecule has 98 valence electrons. The molecule has 5 heteroatoms. The third-order valence-corrected chi connectivity index (χ3v) is 3.63. The Labute approximate surface area is 129 Å². The van der Waals surface area contributed by atoms with Crippen LogP contribution in [0.3, 0.4) is 0 Å². The van der Waals surface area contributed by atoms with Crippen LogP contribution in [0, 0.1) is 0 Å². The third kappa shape index (κ3) is 3.72. The number of nitrogens with one attached hydrogen (secondary N) is 1. The minimum Gasteiger partial charge on any atom is -0.322 e. The van der Waals surface area contributed by atoms with Crippen LogP contribution in [0.15, 0.2) is 46.9 Å². The zero-order valence-electron chi connectivity index (χ0n) is 9.79. The summed E-state index contributed by atoms with van der Waals surface area (Å²) >= 11 is 15.1. The molecule has 0 aliphatic heterocycles. The van der Waals surface area contributed by atoms with Gasteiger partial charge in [-0.1, -0.05) is 39.7 Å². The molecule has 0 radical (unpaired) electrons. The van der Waals surface area contributed by atoms with Crippen molar-refractivity contribution in [2.45, 2.75) is 5.88 Å². The fourth-order valence-electron chi connectivity index (χ4n) is 1.60. The second-order valence-corrected chi connectivity index (χ2v) is 5.50. The molecular weight excluding hydrogens is 349 g/mol. The van der Waals surface area contributed by atoms with Gasteiger partial charge >= 0.3 is 0 Å². The number of hydrogen-bond donors (Lipinski definition) is 1. The molecule has 0 bridgehead atoms. The summed E-state index contributed by atoms with van der Waals surface area (Å²) in [5.74, 6) is 0.159. The maximum absolute atomic E-state index is 12.1. The maximum Gasteiger partial charge on any atom is 0.257 e. The van der Waals surface area contributed by atoms with E-state index in [-0.39, 0.29) is 5.91 Å². The molecule has 0 aliphatic carbocycles. The van der Waals surface area contributed by atoms with E-state index < -0.39 is 0 Å². The highest BCUT2D eigenvalue weighted by molar-refractivity contribution is 9.10. The van der Waals surface area contributed by atoms with E-state index in [0.717, 1.165) is 10.0 Å². The van der Waals surface area contributed by atoms with Crippen molar-refractivity contribution in [2.75, 3.05) is 5.32 Å². The summed E-state index contributed by atoms with van der Waals surface area (Å²) in [5, 5.41) is 3.20. The number of alkyl halides is 1. The van der Waals surface area contributed by atoms with Crippen LogP contribution in [0.4, 0.5) is 5.69 Å². The molecule has 0 fully saturated rings. The molecule has 1 amide bonds. The lowest BCUT2D eigenvalue weighted by Gasteiger charge is -2.08. The number of carbonyl (C=O) groups is 1. The normalized spacial score (nSPS) is 10.3. The molecule has 2 rings (SSSR count). The highest BCUT2D eigenvalue weighted by Crippen LogP contribution is 2.22. The number of hydrogen-bond acceptors (Lipinski definition) is 1. The standard InChI is InChI=1S/C14H10BrCl2NO/c15-10-4-5-12(13(17)7-10)14(19)18-11-3-1-2-9(6-11)8-16/h1-7H,8H2,(H,18,19). The van der Waals surface area contributed by atoms with Crippen LogP contribution >= 0.6 is 39.1 Å². The zero-order valence-corrected chi connectivity index (χ0v) is 12.9. The summed E-state index contributed by atoms with van der Waals surface area (Å²) in [7, 11) is 0. The van der Waals surface area contributed by atoms with E-state index >= 15 is 0 Å². The van der Waals surface area contributed by atoms with Crippen LogP contribution in [0.2, 0.25) is 5.02 Å². The fourth-order valence-corrected chi connectivity index (χ4v) is 2.53. The molecule has 0 heterocycles. The van der Waals surface area contributed by atoms with Crippen molar-refractivity contribution in [1.82, 2.24) is 0 Å². The average molecular weight is 359 g/mol. The third-order valence-electron chi connectivity index (χ3n) is 2.51. The molecular formula is C14H10BrCl2NO. The minimum absolute atomic E-state index is 0.246. The van der Waals surface area contributed by atoms with Crippen molar-refractivity contribution in [3.05, 3.63) is 63.1 Å². The Balaban J connectivity index is 2.20. The van der Waals surface area contributed by atoms with Gasteiger partial charge in [0.25, 0.3) is 5.91 Å². The molecule has 0 aliphatic rings. The van der Waals surface area contributed by atoms with Gasteiger partial charge in [-0.05, 0) is 35.9 Å². The molecule has 2 aromatic carbocycles. The second kappa shape index (κ2) is 6.42. The second-order valence-electron chi connectivity index (χ2n) is 3.91. The van der Waals surface area contributed by atoms with E-state index in [1.54, 1.807) is 24.3 Å². The van der Waals surface area contributed by atoms with E-state index in [9.17, 15) is 4.79 Å². The SMILES string of the molecule is O=C(Nc1cccc(CCl)c1)c1ccc(Br)cc1Cl. The summed E-state index contributed by atoms with van der Waals surface area (Å²) in [6.45, 7) is 0. The Hall–Kier alpha value is -1.03. The van der Waals surface area contributed by atoms with Crippen LogP contribution in [0.5, 0.6) is 0 Å². The lowest BCUT2D eigenvalue weighted by molar-refractivity contribution is 0.102. The quantitative estimate of drug-likeness (QED) is 0.760. The van der Waals surface area contributed by atoms with Crippen LogP contribution in [-0.4, -0.2) is 5.91 Å². The van der Waals surface area contributed by atoms with E-state index in [1.165, 1.54) is 0 Å². The number of halogens is 3. The molecule has 0 saturated carbocycles. The predicted octanol–water partition coefficient (Wildman–Crippen LogP) is 5.09. The van der Waals surface area contributed by atoms with E-state index in [2.05, 4.69) is 21.2 Å². The summed E-state index contributed by atoms with van der Waals surface area (Å²) in [4.78, 5) is 12.1. The Morgan fingerprint density at radius 2 is 2.00 bits per heavy atom. The van der Waals surface area contributed by atoms with Gasteiger partial charge in [0.1, 0.15) is 0 Å². The van der Waals surface area contributed by atoms with Crippen LogP contribution < -0.4 is 5.32 Å². The van der Waals surface area contributed by atoms with Gasteiger partial charge < -0.3 is 5.32 Å². The van der Waals surface area contributed by atoms with E-state index in [0.29, 0.717) is 22.2 Å². The lowest BCUT2D eigenvalue weighted by Crippen LogP contribution is -2.12. The molecule has 2 nitrogen and oxygen atoms in total. The van der Waals surface area contributed by atoms with Crippen LogP contribution in [0.1, 0.15) is 15.9 Å². The monoisotopic (exact) mass is 357 g/mol. The van der Waals surface area contributed by atoms with Crippen molar-refractivity contribution >= 4 is 50.7 Å². The van der Waals surface area contributed by atoms with Crippen LogP contribution in [0.25, 0.3) is 0 Å². The molecule has 19 heavy (non-hydrogen) atoms. The molecule has 0 spiro atoms. The first-order valence-corrected chi connectivity index (χ1v) is 7.22. The largest absolute Gasteiger partial charge is 0.322 e. The summed E-state index contributed by atoms with van der Waals surface area (Å²) in [6, 6.07) is 12.5. The van der Waals surface area contributed by atoms with Crippen molar-refractivity contribution in [3.8, 4) is 0 Å². The minimum atomic E-state index is -0.246. The summed E-state index contributed by atoms with van der Waals surface area (Å²) < 4.78 is 0.832. The summed E-state index contributed by atoms with van der Waals surface area (Å²) in [5.41, 5.74) is 2.07. The first kappa shape index (κ1) is 14.4. The smallest absolute Gasteiger partial charge is 0.257 e. The highest BCUT2D eigenvalue weighted by Gasteiger charge is 2.10. The lowest BCUT2D eigenvalue weighted by atomic mass is 10.2. The van der Waals surface area contributed by atoms with Crippen molar-refractivity contribution in [3.63, 3.8) is 0 Å². The van der Waals surface area contributed by atoms with Gasteiger partial charge in [-0.25, -0.2) is 0 Å². The van der Waals surface area contributed by atoms with Gasteiger partial charge in [0.2, 0.25) is 0 Å². The Morgan fingerprint density at radius 3 is 2.68 bits per heavy atom. The van der Waals surface area contributed by atoms with Gasteiger partial charge in [-0.3, -0.25) is 4.79 Å². The topological polar surface area (TPSA) is 29.1 Å². The van der Waals surface area contributed by atoms with E-state index in [1.807, 2.05) is 18.2 Å². The average Bonchev–Trinajstić information content (AvgIpc) is 2.38. The Kier molecular flexibility index (Phi) is 4.86. The number of amides is 1. The number of anilines is 1. The summed E-state index contributed by atoms with van der Waals surface area (Å²) in [6.07, 6.45) is 0. The van der Waals surface area contributed by atoms with E-state index in [4.69, 9.17) is 23.2 Å². The van der Waals surface area contributed by atoms with Crippen LogP contribution in [-0.2, 0) is 5.88 Å². The fraction of sp³-hybridized carbons (Fsp3) is 0.0714. The maximum atomic E-state index is 12.1. The Bertz CT molecular complexity index is 616. The number of rotatable bonds is 3. The number of benzene rings is 2. The molecule has 0 saturated heterocycles. The van der Waals surface area contributed by atoms with Gasteiger partial charge in [0.15, 0.2) is 0 Å². The number of carbonyl (C=O) groups excluding carboxylic acids is 1. The highest BCUT2D eigenvalue weighted by atomic mass is 79.9. The van der Waals surface area contributed by atoms with Crippen molar-refractivity contribution in [1.29, 1.82) is 0 Å². The predicted molar refractivity (Wildman–Crippen MR) is 83.1 cm³/mol. The molecule has 1 N–H and O–H groups in total. The van der Waals surface area contributed by atoms with Crippen molar-refractivity contribution in [2.24, 2.45) is 0 Å². The van der Waals surface area contributed by atoms with Gasteiger partial charge in [0, 0.05) is 16.0 Å². The zero-order chi connectivity index (χ0) is 13.8. The molecule has 2 aromatic rings. The Morgan fingerprint density at radius 1 is 1.21 bits per heavy atom. The van der Waals surface area contributed by atoms with Gasteiger partial charge in [-0.15, -0.1) is 11.6 Å². The molecule has 0 aromatic heterocycles. The molecule has 0 atom stereocenters. The van der Waals surface area contributed by atoms with Gasteiger partial charge in [0.05, 0.1) is 10.6 Å². The molecule has 0 unspecified atom stereocenters. The first-order valence-electron chi connectivity index (χ1n) is 5.51.